The van der Waals surface area contributed by atoms with Gasteiger partial charge in [-0.3, -0.25) is 4.79 Å². The van der Waals surface area contributed by atoms with E-state index in [1.807, 2.05) is 20.1 Å². The van der Waals surface area contributed by atoms with Gasteiger partial charge in [-0.25, -0.2) is 9.97 Å². The highest BCUT2D eigenvalue weighted by atomic mass is 32.2. The van der Waals surface area contributed by atoms with Gasteiger partial charge < -0.3 is 4.90 Å². The van der Waals surface area contributed by atoms with Gasteiger partial charge in [0.05, 0.1) is 0 Å². The first-order valence-electron chi connectivity index (χ1n) is 10.3. The van der Waals surface area contributed by atoms with Crippen LogP contribution < -0.4 is 0 Å². The minimum Gasteiger partial charge on any atom is -0.339 e. The van der Waals surface area contributed by atoms with Crippen molar-refractivity contribution in [2.75, 3.05) is 12.8 Å². The van der Waals surface area contributed by atoms with E-state index in [0.717, 1.165) is 54.3 Å². The molecule has 0 saturated carbocycles. The molecule has 1 aromatic heterocycles. The predicted molar refractivity (Wildman–Crippen MR) is 116 cm³/mol. The Hall–Kier alpha value is -1.88. The summed E-state index contributed by atoms with van der Waals surface area (Å²) >= 11 is 1.56. The number of nitrogens with zero attached hydrogens (tertiary/aromatic N) is 3. The summed E-state index contributed by atoms with van der Waals surface area (Å²) < 4.78 is 0. The van der Waals surface area contributed by atoms with Crippen molar-refractivity contribution < 1.29 is 4.79 Å². The number of carbonyl (C=O) groups is 1. The molecule has 150 valence electrons. The number of carbonyl (C=O) groups excluding carboxylic acids is 1. The molecule has 1 heterocycles. The number of benzene rings is 1. The Balaban J connectivity index is 1.69. The summed E-state index contributed by atoms with van der Waals surface area (Å²) in [6.45, 7) is 7.04. The van der Waals surface area contributed by atoms with Crippen LogP contribution in [-0.4, -0.2) is 39.6 Å². The Morgan fingerprint density at radius 1 is 1.18 bits per heavy atom. The summed E-state index contributed by atoms with van der Waals surface area (Å²) in [6, 6.07) is 8.98. The number of thioether (sulfide) groups is 1. The maximum absolute atomic E-state index is 13.1. The molecule has 0 radical (unpaired) electrons. The van der Waals surface area contributed by atoms with Gasteiger partial charge in [-0.1, -0.05) is 43.0 Å². The molecule has 1 aromatic carbocycles. The standard InChI is InChI=1S/C23H31N3OS/c1-5-14-26(20-11-10-18-8-6-7-9-19(18)15-20)22(27)13-12-21-16(2)24-23(28-4)25-17(21)3/h6-9,20H,5,10-15H2,1-4H3. The maximum atomic E-state index is 13.1. The fourth-order valence-electron chi connectivity index (χ4n) is 4.23. The van der Waals surface area contributed by atoms with Crippen molar-refractivity contribution in [1.29, 1.82) is 0 Å². The zero-order valence-corrected chi connectivity index (χ0v) is 18.3. The molecule has 0 fully saturated rings. The Morgan fingerprint density at radius 2 is 1.86 bits per heavy atom. The molecular formula is C23H31N3OS. The quantitative estimate of drug-likeness (QED) is 0.508. The van der Waals surface area contributed by atoms with E-state index in [4.69, 9.17) is 0 Å². The molecule has 0 spiro atoms. The number of aryl methyl sites for hydroxylation is 3. The zero-order chi connectivity index (χ0) is 20.1. The summed E-state index contributed by atoms with van der Waals surface area (Å²) in [5.41, 5.74) is 5.97. The van der Waals surface area contributed by atoms with Crippen LogP contribution in [0, 0.1) is 13.8 Å². The minimum atomic E-state index is 0.263. The smallest absolute Gasteiger partial charge is 0.223 e. The Bertz CT molecular complexity index is 813. The second kappa shape index (κ2) is 9.55. The third-order valence-electron chi connectivity index (χ3n) is 5.72. The average Bonchev–Trinajstić information content (AvgIpc) is 2.70. The molecule has 1 atom stereocenters. The van der Waals surface area contributed by atoms with Crippen molar-refractivity contribution in [3.8, 4) is 0 Å². The lowest BCUT2D eigenvalue weighted by Crippen LogP contribution is -2.44. The van der Waals surface area contributed by atoms with Crippen molar-refractivity contribution in [2.45, 2.75) is 70.5 Å². The van der Waals surface area contributed by atoms with Crippen LogP contribution in [0.3, 0.4) is 0 Å². The maximum Gasteiger partial charge on any atom is 0.223 e. The molecule has 3 rings (SSSR count). The van der Waals surface area contributed by atoms with Crippen LogP contribution >= 0.6 is 11.8 Å². The molecule has 5 heteroatoms. The van der Waals surface area contributed by atoms with Gasteiger partial charge in [0.1, 0.15) is 0 Å². The first kappa shape index (κ1) is 20.8. The highest BCUT2D eigenvalue weighted by Crippen LogP contribution is 2.26. The molecule has 0 bridgehead atoms. The molecule has 0 N–H and O–H groups in total. The van der Waals surface area contributed by atoms with Gasteiger partial charge in [0, 0.05) is 30.4 Å². The molecule has 1 aliphatic rings. The lowest BCUT2D eigenvalue weighted by Gasteiger charge is -2.35. The summed E-state index contributed by atoms with van der Waals surface area (Å²) in [7, 11) is 0. The summed E-state index contributed by atoms with van der Waals surface area (Å²) in [5, 5.41) is 0.804. The number of hydrogen-bond acceptors (Lipinski definition) is 4. The van der Waals surface area contributed by atoms with E-state index in [0.29, 0.717) is 18.9 Å². The van der Waals surface area contributed by atoms with Crippen LogP contribution in [0.5, 0.6) is 0 Å². The van der Waals surface area contributed by atoms with Gasteiger partial charge in [0.2, 0.25) is 5.91 Å². The van der Waals surface area contributed by atoms with Crippen LogP contribution in [0.1, 0.15) is 54.3 Å². The summed E-state index contributed by atoms with van der Waals surface area (Å²) in [5.74, 6) is 0.263. The van der Waals surface area contributed by atoms with E-state index in [1.54, 1.807) is 11.8 Å². The van der Waals surface area contributed by atoms with Crippen molar-refractivity contribution in [1.82, 2.24) is 14.9 Å². The van der Waals surface area contributed by atoms with Crippen molar-refractivity contribution >= 4 is 17.7 Å². The molecule has 1 unspecified atom stereocenters. The number of amides is 1. The molecule has 0 aliphatic heterocycles. The monoisotopic (exact) mass is 397 g/mol. The second-order valence-corrected chi connectivity index (χ2v) is 8.39. The van der Waals surface area contributed by atoms with Crippen LogP contribution in [0.25, 0.3) is 0 Å². The van der Waals surface area contributed by atoms with Gasteiger partial charge in [-0.15, -0.1) is 0 Å². The van der Waals surface area contributed by atoms with E-state index >= 15 is 0 Å². The minimum absolute atomic E-state index is 0.263. The first-order chi connectivity index (χ1) is 13.5. The number of rotatable bonds is 7. The number of hydrogen-bond donors (Lipinski definition) is 0. The lowest BCUT2D eigenvalue weighted by molar-refractivity contribution is -0.133. The summed E-state index contributed by atoms with van der Waals surface area (Å²) in [6.07, 6.45) is 7.33. The molecule has 0 saturated heterocycles. The zero-order valence-electron chi connectivity index (χ0n) is 17.5. The Kier molecular flexibility index (Phi) is 7.11. The number of aromatic nitrogens is 2. The van der Waals surface area contributed by atoms with E-state index in [2.05, 4.69) is 46.1 Å². The number of fused-ring (bicyclic) bond motifs is 1. The van der Waals surface area contributed by atoms with Gasteiger partial charge >= 0.3 is 0 Å². The van der Waals surface area contributed by atoms with Crippen LogP contribution in [0.15, 0.2) is 29.4 Å². The van der Waals surface area contributed by atoms with Gasteiger partial charge in [0.15, 0.2) is 5.16 Å². The van der Waals surface area contributed by atoms with E-state index in [-0.39, 0.29) is 5.91 Å². The molecule has 1 amide bonds. The molecule has 1 aliphatic carbocycles. The summed E-state index contributed by atoms with van der Waals surface area (Å²) in [4.78, 5) is 24.4. The average molecular weight is 398 g/mol. The van der Waals surface area contributed by atoms with Gasteiger partial charge in [-0.05, 0) is 68.9 Å². The molecule has 4 nitrogen and oxygen atoms in total. The first-order valence-corrected chi connectivity index (χ1v) is 11.5. The van der Waals surface area contributed by atoms with E-state index in [1.165, 1.54) is 11.1 Å². The molecular weight excluding hydrogens is 366 g/mol. The third kappa shape index (κ3) is 4.75. The molecule has 2 aromatic rings. The van der Waals surface area contributed by atoms with Crippen LogP contribution in [0.2, 0.25) is 0 Å². The Morgan fingerprint density at radius 3 is 2.50 bits per heavy atom. The SMILES string of the molecule is CCCN(C(=O)CCc1c(C)nc(SC)nc1C)C1CCc2ccccc2C1. The van der Waals surface area contributed by atoms with E-state index in [9.17, 15) is 4.79 Å². The van der Waals surface area contributed by atoms with Gasteiger partial charge in [-0.2, -0.15) is 0 Å². The van der Waals surface area contributed by atoms with Crippen LogP contribution in [-0.2, 0) is 24.1 Å². The van der Waals surface area contributed by atoms with Crippen molar-refractivity contribution in [3.05, 3.63) is 52.3 Å². The fourth-order valence-corrected chi connectivity index (χ4v) is 4.69. The van der Waals surface area contributed by atoms with Crippen molar-refractivity contribution in [3.63, 3.8) is 0 Å². The Labute approximate surface area is 173 Å². The fraction of sp³-hybridized carbons (Fsp3) is 0.522. The largest absolute Gasteiger partial charge is 0.339 e. The van der Waals surface area contributed by atoms with Gasteiger partial charge in [0.25, 0.3) is 0 Å². The van der Waals surface area contributed by atoms with E-state index < -0.39 is 0 Å². The van der Waals surface area contributed by atoms with Crippen LogP contribution in [0.4, 0.5) is 0 Å². The van der Waals surface area contributed by atoms with Crippen molar-refractivity contribution in [2.24, 2.45) is 0 Å². The highest BCUT2D eigenvalue weighted by Gasteiger charge is 2.27. The third-order valence-corrected chi connectivity index (χ3v) is 6.27. The topological polar surface area (TPSA) is 46.1 Å². The highest BCUT2D eigenvalue weighted by molar-refractivity contribution is 7.98. The predicted octanol–water partition coefficient (Wildman–Crippen LogP) is 4.54. The molecule has 28 heavy (non-hydrogen) atoms. The lowest BCUT2D eigenvalue weighted by atomic mass is 9.87. The second-order valence-electron chi connectivity index (χ2n) is 7.61. The normalized spacial score (nSPS) is 15.9.